The Morgan fingerprint density at radius 2 is 1.00 bits per heavy atom. The summed E-state index contributed by atoms with van der Waals surface area (Å²) < 4.78 is 5.23. The fourth-order valence-corrected chi connectivity index (χ4v) is 9.78. The van der Waals surface area contributed by atoms with Gasteiger partial charge >= 0.3 is 0 Å². The van der Waals surface area contributed by atoms with E-state index in [-0.39, 0.29) is 12.1 Å². The van der Waals surface area contributed by atoms with Crippen LogP contribution in [-0.4, -0.2) is 15.8 Å². The topological polar surface area (TPSA) is 9.86 Å². The van der Waals surface area contributed by atoms with E-state index in [0.29, 0.717) is 0 Å². The Morgan fingerprint density at radius 1 is 0.449 bits per heavy atom. The van der Waals surface area contributed by atoms with Crippen LogP contribution in [0.1, 0.15) is 26.3 Å². The van der Waals surface area contributed by atoms with Gasteiger partial charge in [-0.3, -0.25) is 0 Å². The van der Waals surface area contributed by atoms with Gasteiger partial charge in [0.1, 0.15) is 0 Å². The summed E-state index contributed by atoms with van der Waals surface area (Å²) in [5.74, 6) is 0. The molecule has 0 amide bonds. The normalized spacial score (nSPS) is 13.6. The standard InChI is InChI=1S/C46H31BN2/c1-46(2,3)26-22-23-28-34(24-26)27-12-4-5-15-31(27)41-35(28)25-40-42-45(41)49-39-21-9-7-14-30(39)33-17-11-19-37(44(33)49)47(42)36-18-10-16-32-29-13-6-8-20-38(29)48(40)43(32)36/h4-25H,1-3H3. The monoisotopic (exact) mass is 622 g/mol. The number of benzene rings is 8. The zero-order valence-corrected chi connectivity index (χ0v) is 27.7. The van der Waals surface area contributed by atoms with Crippen LogP contribution in [0.5, 0.6) is 0 Å². The fraction of sp³-hybridized carbons (Fsp3) is 0.0870. The molecule has 2 aromatic heterocycles. The molecule has 0 fully saturated rings. The highest BCUT2D eigenvalue weighted by Gasteiger charge is 2.41. The van der Waals surface area contributed by atoms with Gasteiger partial charge in [0.25, 0.3) is 6.71 Å². The quantitative estimate of drug-likeness (QED) is 0.118. The molecule has 2 aliphatic rings. The van der Waals surface area contributed by atoms with E-state index in [9.17, 15) is 0 Å². The Hall–Kier alpha value is -5.80. The van der Waals surface area contributed by atoms with E-state index in [4.69, 9.17) is 0 Å². The summed E-state index contributed by atoms with van der Waals surface area (Å²) in [5.41, 5.74) is 13.5. The summed E-state index contributed by atoms with van der Waals surface area (Å²) in [6.07, 6.45) is 0. The lowest BCUT2D eigenvalue weighted by Gasteiger charge is -2.35. The number of hydrogen-bond donors (Lipinski definition) is 0. The van der Waals surface area contributed by atoms with E-state index in [0.717, 1.165) is 0 Å². The van der Waals surface area contributed by atoms with Crippen LogP contribution < -0.4 is 16.4 Å². The van der Waals surface area contributed by atoms with Crippen molar-refractivity contribution >= 4 is 99.0 Å². The molecule has 49 heavy (non-hydrogen) atoms. The minimum atomic E-state index is 0.0536. The first-order chi connectivity index (χ1) is 24.0. The maximum Gasteiger partial charge on any atom is 0.252 e. The summed E-state index contributed by atoms with van der Waals surface area (Å²) >= 11 is 0. The zero-order chi connectivity index (χ0) is 32.3. The van der Waals surface area contributed by atoms with Gasteiger partial charge in [0.05, 0.1) is 16.7 Å². The van der Waals surface area contributed by atoms with Crippen LogP contribution in [0.4, 0.5) is 0 Å². The first kappa shape index (κ1) is 26.2. The van der Waals surface area contributed by atoms with Gasteiger partial charge in [0.15, 0.2) is 0 Å². The minimum Gasteiger partial charge on any atom is -0.310 e. The van der Waals surface area contributed by atoms with E-state index >= 15 is 0 Å². The molecule has 4 heterocycles. The predicted octanol–water partition coefficient (Wildman–Crippen LogP) is 9.78. The second-order valence-electron chi connectivity index (χ2n) is 15.3. The van der Waals surface area contributed by atoms with Crippen LogP contribution in [0.25, 0.3) is 87.3 Å². The average molecular weight is 623 g/mol. The van der Waals surface area contributed by atoms with Crippen LogP contribution in [0.3, 0.4) is 0 Å². The van der Waals surface area contributed by atoms with Gasteiger partial charge in [-0.15, -0.1) is 0 Å². The van der Waals surface area contributed by atoms with Gasteiger partial charge in [-0.25, -0.2) is 0 Å². The summed E-state index contributed by atoms with van der Waals surface area (Å²) in [7, 11) is 0. The molecule has 2 nitrogen and oxygen atoms in total. The molecule has 8 aromatic carbocycles. The lowest BCUT2D eigenvalue weighted by molar-refractivity contribution is 0.591. The van der Waals surface area contributed by atoms with Crippen molar-refractivity contribution < 1.29 is 0 Å². The molecule has 0 radical (unpaired) electrons. The van der Waals surface area contributed by atoms with Crippen LogP contribution >= 0.6 is 0 Å². The highest BCUT2D eigenvalue weighted by Crippen LogP contribution is 2.45. The van der Waals surface area contributed by atoms with Crippen molar-refractivity contribution in [2.75, 3.05) is 0 Å². The van der Waals surface area contributed by atoms with Crippen LogP contribution in [0.15, 0.2) is 133 Å². The summed E-state index contributed by atoms with van der Waals surface area (Å²) in [5, 5.41) is 13.2. The lowest BCUT2D eigenvalue weighted by atomic mass is 9.34. The van der Waals surface area contributed by atoms with Gasteiger partial charge < -0.3 is 9.13 Å². The molecule has 0 N–H and O–H groups in total. The summed E-state index contributed by atoms with van der Waals surface area (Å²) in [4.78, 5) is 0. The van der Waals surface area contributed by atoms with E-state index in [1.54, 1.807) is 0 Å². The molecule has 0 saturated heterocycles. The van der Waals surface area contributed by atoms with Crippen molar-refractivity contribution in [3.8, 4) is 11.4 Å². The van der Waals surface area contributed by atoms with Crippen LogP contribution in [-0.2, 0) is 5.41 Å². The maximum atomic E-state index is 2.64. The van der Waals surface area contributed by atoms with Crippen molar-refractivity contribution in [3.63, 3.8) is 0 Å². The van der Waals surface area contributed by atoms with Crippen molar-refractivity contribution in [3.05, 3.63) is 139 Å². The zero-order valence-electron chi connectivity index (χ0n) is 27.7. The van der Waals surface area contributed by atoms with E-state index in [1.165, 1.54) is 109 Å². The second-order valence-corrected chi connectivity index (χ2v) is 15.3. The van der Waals surface area contributed by atoms with Gasteiger partial charge in [-0.05, 0) is 78.6 Å². The number of hydrogen-bond acceptors (Lipinski definition) is 0. The van der Waals surface area contributed by atoms with E-state index in [1.807, 2.05) is 0 Å². The fourth-order valence-electron chi connectivity index (χ4n) is 9.78. The molecule has 2 aliphatic heterocycles. The Labute approximate surface area is 283 Å². The third-order valence-electron chi connectivity index (χ3n) is 11.8. The molecule has 3 heteroatoms. The Bertz CT molecular complexity index is 3150. The van der Waals surface area contributed by atoms with Crippen LogP contribution in [0, 0.1) is 0 Å². The van der Waals surface area contributed by atoms with Gasteiger partial charge in [0, 0.05) is 43.7 Å². The molecular formula is C46H31BN2. The summed E-state index contributed by atoms with van der Waals surface area (Å²) in [6, 6.07) is 50.9. The van der Waals surface area contributed by atoms with E-state index in [2.05, 4.69) is 163 Å². The Balaban J connectivity index is 1.42. The SMILES string of the molecule is CC(C)(C)c1ccc2c(c1)c1ccccc1c1c3c4c(cc21)-n1c2ccccc2c2cccc(c21)B4c1cccc2c4ccccc4n-3c12. The molecule has 0 bridgehead atoms. The second kappa shape index (κ2) is 8.61. The highest BCUT2D eigenvalue weighted by molar-refractivity contribution is 7.00. The molecule has 10 aromatic rings. The largest absolute Gasteiger partial charge is 0.310 e. The number of para-hydroxylation sites is 4. The Morgan fingerprint density at radius 3 is 1.67 bits per heavy atom. The predicted molar refractivity (Wildman–Crippen MR) is 211 cm³/mol. The van der Waals surface area contributed by atoms with Gasteiger partial charge in [-0.2, -0.15) is 0 Å². The number of rotatable bonds is 0. The minimum absolute atomic E-state index is 0.0536. The maximum absolute atomic E-state index is 2.64. The molecular weight excluding hydrogens is 591 g/mol. The molecule has 0 spiro atoms. The smallest absolute Gasteiger partial charge is 0.252 e. The number of nitrogens with zero attached hydrogens (tertiary/aromatic N) is 2. The third-order valence-corrected chi connectivity index (χ3v) is 11.8. The van der Waals surface area contributed by atoms with E-state index < -0.39 is 0 Å². The molecule has 228 valence electrons. The lowest BCUT2D eigenvalue weighted by Crippen LogP contribution is -2.59. The molecule has 12 rings (SSSR count). The highest BCUT2D eigenvalue weighted by atomic mass is 15.0. The number of aromatic nitrogens is 2. The third kappa shape index (κ3) is 3.02. The molecule has 0 atom stereocenters. The average Bonchev–Trinajstić information content (AvgIpc) is 3.65. The van der Waals surface area contributed by atoms with Crippen molar-refractivity contribution in [1.29, 1.82) is 0 Å². The first-order valence-electron chi connectivity index (χ1n) is 17.5. The number of fused-ring (bicyclic) bond motifs is 17. The molecule has 0 saturated carbocycles. The van der Waals surface area contributed by atoms with Crippen molar-refractivity contribution in [2.24, 2.45) is 0 Å². The van der Waals surface area contributed by atoms with Crippen LogP contribution in [0.2, 0.25) is 0 Å². The van der Waals surface area contributed by atoms with Gasteiger partial charge in [-0.1, -0.05) is 130 Å². The molecule has 0 aliphatic carbocycles. The Kier molecular flexibility index (Phi) is 4.60. The van der Waals surface area contributed by atoms with Gasteiger partial charge in [0.2, 0.25) is 0 Å². The first-order valence-corrected chi connectivity index (χ1v) is 17.5. The summed E-state index contributed by atoms with van der Waals surface area (Å²) in [6.45, 7) is 7.07. The molecule has 0 unspecified atom stereocenters. The van der Waals surface area contributed by atoms with Crippen molar-refractivity contribution in [2.45, 2.75) is 26.2 Å². The van der Waals surface area contributed by atoms with Crippen molar-refractivity contribution in [1.82, 2.24) is 9.13 Å².